The highest BCUT2D eigenvalue weighted by Crippen LogP contribution is 2.25. The Balaban J connectivity index is 1.58. The van der Waals surface area contributed by atoms with Gasteiger partial charge in [0.05, 0.1) is 10.6 Å². The Labute approximate surface area is 203 Å². The maximum absolute atomic E-state index is 13.1. The van der Waals surface area contributed by atoms with Gasteiger partial charge in [-0.15, -0.1) is 10.2 Å². The molecule has 0 atom stereocenters. The maximum Gasteiger partial charge on any atom is 0.234 e. The van der Waals surface area contributed by atoms with Gasteiger partial charge in [-0.1, -0.05) is 65.9 Å². The van der Waals surface area contributed by atoms with E-state index in [1.54, 1.807) is 28.8 Å². The van der Waals surface area contributed by atoms with Crippen LogP contribution in [0.3, 0.4) is 0 Å². The van der Waals surface area contributed by atoms with E-state index in [9.17, 15) is 13.2 Å². The van der Waals surface area contributed by atoms with Gasteiger partial charge in [0.2, 0.25) is 5.91 Å². The Morgan fingerprint density at radius 2 is 1.59 bits per heavy atom. The number of aryl methyl sites for hydroxylation is 2. The van der Waals surface area contributed by atoms with Gasteiger partial charge in [-0.3, -0.25) is 9.36 Å². The zero-order valence-corrected chi connectivity index (χ0v) is 20.4. The Hall–Kier alpha value is -3.43. The summed E-state index contributed by atoms with van der Waals surface area (Å²) in [6.07, 6.45) is 0. The highest BCUT2D eigenvalue weighted by atomic mass is 32.2. The molecule has 1 amide bonds. The van der Waals surface area contributed by atoms with Gasteiger partial charge in [0.1, 0.15) is 5.75 Å². The van der Waals surface area contributed by atoms with Crippen molar-refractivity contribution in [1.82, 2.24) is 14.8 Å². The molecule has 4 aromatic rings. The van der Waals surface area contributed by atoms with Crippen LogP contribution in [0, 0.1) is 13.8 Å². The summed E-state index contributed by atoms with van der Waals surface area (Å²) in [5.41, 5.74) is 3.43. The molecule has 7 nitrogen and oxygen atoms in total. The molecule has 0 saturated heterocycles. The molecule has 3 aromatic carbocycles. The number of para-hydroxylation sites is 2. The summed E-state index contributed by atoms with van der Waals surface area (Å²) in [7, 11) is -3.64. The molecular formula is C25H24N4O3S2. The number of amides is 1. The quantitative estimate of drug-likeness (QED) is 0.362. The summed E-state index contributed by atoms with van der Waals surface area (Å²) in [4.78, 5) is 12.8. The summed E-state index contributed by atoms with van der Waals surface area (Å²) < 4.78 is 27.8. The van der Waals surface area contributed by atoms with Crippen molar-refractivity contribution in [2.75, 3.05) is 11.1 Å². The van der Waals surface area contributed by atoms with Crippen molar-refractivity contribution in [3.05, 3.63) is 95.8 Å². The third-order valence-electron chi connectivity index (χ3n) is 5.17. The third kappa shape index (κ3) is 5.55. The first kappa shape index (κ1) is 23.7. The topological polar surface area (TPSA) is 94.0 Å². The molecule has 0 unspecified atom stereocenters. The van der Waals surface area contributed by atoms with Crippen molar-refractivity contribution in [2.45, 2.75) is 29.7 Å². The molecular weight excluding hydrogens is 468 g/mol. The molecule has 0 bridgehead atoms. The normalized spacial score (nSPS) is 11.4. The van der Waals surface area contributed by atoms with Crippen LogP contribution in [0.25, 0.3) is 5.69 Å². The number of nitrogens with one attached hydrogen (secondary N) is 1. The standard InChI is InChI=1S/C25H24N4O3S2/c1-18-12-14-21(15-13-18)34(31,32)17-23-27-28-25(29(23)20-9-4-3-5-10-20)33-16-24(30)26-22-11-7-6-8-19(22)2/h3-15H,16-17H2,1-2H3,(H,26,30). The van der Waals surface area contributed by atoms with E-state index in [1.165, 1.54) is 11.8 Å². The van der Waals surface area contributed by atoms with Gasteiger partial charge < -0.3 is 5.32 Å². The van der Waals surface area contributed by atoms with Crippen LogP contribution >= 0.6 is 11.8 Å². The van der Waals surface area contributed by atoms with Crippen LogP contribution in [0.1, 0.15) is 17.0 Å². The number of rotatable bonds is 8. The molecule has 0 radical (unpaired) electrons. The van der Waals surface area contributed by atoms with Gasteiger partial charge in [-0.05, 0) is 49.7 Å². The van der Waals surface area contributed by atoms with Crippen molar-refractivity contribution in [1.29, 1.82) is 0 Å². The second-order valence-corrected chi connectivity index (χ2v) is 10.7. The molecule has 0 spiro atoms. The second-order valence-electron chi connectivity index (χ2n) is 7.79. The van der Waals surface area contributed by atoms with Crippen molar-refractivity contribution in [3.63, 3.8) is 0 Å². The smallest absolute Gasteiger partial charge is 0.234 e. The van der Waals surface area contributed by atoms with E-state index in [1.807, 2.05) is 68.4 Å². The average molecular weight is 493 g/mol. The number of sulfone groups is 1. The van der Waals surface area contributed by atoms with E-state index in [0.717, 1.165) is 22.5 Å². The van der Waals surface area contributed by atoms with Crippen molar-refractivity contribution in [3.8, 4) is 5.69 Å². The van der Waals surface area contributed by atoms with E-state index in [0.29, 0.717) is 5.16 Å². The largest absolute Gasteiger partial charge is 0.325 e. The summed E-state index contributed by atoms with van der Waals surface area (Å²) >= 11 is 1.20. The Kier molecular flexibility index (Phi) is 7.14. The van der Waals surface area contributed by atoms with Gasteiger partial charge in [0.15, 0.2) is 20.8 Å². The minimum absolute atomic E-state index is 0.101. The molecule has 4 rings (SSSR count). The van der Waals surface area contributed by atoms with Crippen molar-refractivity contribution in [2.24, 2.45) is 0 Å². The minimum Gasteiger partial charge on any atom is -0.325 e. The number of anilines is 1. The van der Waals surface area contributed by atoms with E-state index in [2.05, 4.69) is 15.5 Å². The second kappa shape index (κ2) is 10.2. The van der Waals surface area contributed by atoms with Crippen LogP contribution in [0.5, 0.6) is 0 Å². The summed E-state index contributed by atoms with van der Waals surface area (Å²) in [6.45, 7) is 3.83. The fraction of sp³-hybridized carbons (Fsp3) is 0.160. The predicted molar refractivity (Wildman–Crippen MR) is 134 cm³/mol. The monoisotopic (exact) mass is 492 g/mol. The SMILES string of the molecule is Cc1ccc(S(=O)(=O)Cc2nnc(SCC(=O)Nc3ccccc3C)n2-c2ccccc2)cc1. The van der Waals surface area contributed by atoms with E-state index in [4.69, 9.17) is 0 Å². The van der Waals surface area contributed by atoms with Gasteiger partial charge in [0.25, 0.3) is 0 Å². The average Bonchev–Trinajstić information content (AvgIpc) is 3.21. The lowest BCUT2D eigenvalue weighted by atomic mass is 10.2. The first-order chi connectivity index (χ1) is 16.3. The van der Waals surface area contributed by atoms with E-state index < -0.39 is 9.84 Å². The molecule has 0 fully saturated rings. The number of thioether (sulfide) groups is 1. The zero-order chi connectivity index (χ0) is 24.1. The molecule has 1 heterocycles. The number of hydrogen-bond donors (Lipinski definition) is 1. The number of carbonyl (C=O) groups is 1. The molecule has 0 aliphatic rings. The molecule has 1 aromatic heterocycles. The first-order valence-corrected chi connectivity index (χ1v) is 13.2. The lowest BCUT2D eigenvalue weighted by molar-refractivity contribution is -0.113. The first-order valence-electron chi connectivity index (χ1n) is 10.6. The lowest BCUT2D eigenvalue weighted by Gasteiger charge is -2.11. The number of nitrogens with zero attached hydrogens (tertiary/aromatic N) is 3. The Bertz CT molecular complexity index is 1400. The number of hydrogen-bond acceptors (Lipinski definition) is 6. The van der Waals surface area contributed by atoms with Crippen LogP contribution in [0.4, 0.5) is 5.69 Å². The fourth-order valence-corrected chi connectivity index (χ4v) is 5.37. The molecule has 0 aliphatic heterocycles. The Morgan fingerprint density at radius 1 is 0.912 bits per heavy atom. The van der Waals surface area contributed by atoms with Crippen LogP contribution < -0.4 is 5.32 Å². The van der Waals surface area contributed by atoms with Crippen LogP contribution in [-0.4, -0.2) is 34.8 Å². The fourth-order valence-electron chi connectivity index (χ4n) is 3.35. The van der Waals surface area contributed by atoms with E-state index >= 15 is 0 Å². The molecule has 1 N–H and O–H groups in total. The van der Waals surface area contributed by atoms with Gasteiger partial charge in [0, 0.05) is 11.4 Å². The lowest BCUT2D eigenvalue weighted by Crippen LogP contribution is -2.15. The van der Waals surface area contributed by atoms with E-state index in [-0.39, 0.29) is 28.1 Å². The highest BCUT2D eigenvalue weighted by molar-refractivity contribution is 7.99. The molecule has 34 heavy (non-hydrogen) atoms. The van der Waals surface area contributed by atoms with Gasteiger partial charge in [-0.2, -0.15) is 0 Å². The minimum atomic E-state index is -3.64. The molecule has 0 aliphatic carbocycles. The van der Waals surface area contributed by atoms with Crippen LogP contribution in [0.2, 0.25) is 0 Å². The van der Waals surface area contributed by atoms with Gasteiger partial charge in [-0.25, -0.2) is 8.42 Å². The van der Waals surface area contributed by atoms with Gasteiger partial charge >= 0.3 is 0 Å². The summed E-state index contributed by atoms with van der Waals surface area (Å²) in [5, 5.41) is 11.7. The van der Waals surface area contributed by atoms with Crippen molar-refractivity contribution < 1.29 is 13.2 Å². The third-order valence-corrected chi connectivity index (χ3v) is 7.72. The predicted octanol–water partition coefficient (Wildman–Crippen LogP) is 4.59. The van der Waals surface area contributed by atoms with Crippen molar-refractivity contribution >= 4 is 33.2 Å². The molecule has 174 valence electrons. The number of aromatic nitrogens is 3. The Morgan fingerprint density at radius 3 is 2.29 bits per heavy atom. The number of benzene rings is 3. The summed E-state index contributed by atoms with van der Waals surface area (Å²) in [5.74, 6) is -0.109. The summed E-state index contributed by atoms with van der Waals surface area (Å²) in [6, 6.07) is 23.6. The number of carbonyl (C=O) groups excluding carboxylic acids is 1. The molecule has 9 heteroatoms. The van der Waals surface area contributed by atoms with Crippen LogP contribution in [-0.2, 0) is 20.4 Å². The maximum atomic E-state index is 13.1. The van der Waals surface area contributed by atoms with Crippen LogP contribution in [0.15, 0.2) is 88.9 Å². The molecule has 0 saturated carbocycles. The highest BCUT2D eigenvalue weighted by Gasteiger charge is 2.23. The zero-order valence-electron chi connectivity index (χ0n) is 18.8.